The van der Waals surface area contributed by atoms with Crippen LogP contribution in [0.2, 0.25) is 0 Å². The number of carbonyl (C=O) groups is 1. The number of ether oxygens (including phenoxy) is 1. The van der Waals surface area contributed by atoms with E-state index in [9.17, 15) is 13.2 Å². The Morgan fingerprint density at radius 2 is 2.11 bits per heavy atom. The molecule has 0 aliphatic heterocycles. The van der Waals surface area contributed by atoms with Gasteiger partial charge in [-0.1, -0.05) is 13.3 Å². The van der Waals surface area contributed by atoms with E-state index in [0.717, 1.165) is 6.42 Å². The molecule has 0 heterocycles. The average Bonchev–Trinajstić information content (AvgIpc) is 2.34. The van der Waals surface area contributed by atoms with Gasteiger partial charge in [-0.2, -0.15) is 0 Å². The second-order valence-electron chi connectivity index (χ2n) is 4.13. The molecule has 0 saturated heterocycles. The van der Waals surface area contributed by atoms with Crippen molar-refractivity contribution in [1.29, 1.82) is 0 Å². The number of aliphatic hydroxyl groups excluding tert-OH is 1. The first-order valence-corrected chi connectivity index (χ1v) is 7.75. The van der Waals surface area contributed by atoms with Crippen LogP contribution in [-0.4, -0.2) is 45.5 Å². The third-order valence-corrected chi connectivity index (χ3v) is 4.16. The molecule has 108 valence electrons. The SMILES string of the molecule is CCC(CCO)CNS(=O)(=O)CCCC(=O)OC. The van der Waals surface area contributed by atoms with Crippen LogP contribution in [0.4, 0.5) is 0 Å². The summed E-state index contributed by atoms with van der Waals surface area (Å²) in [5.41, 5.74) is 0. The van der Waals surface area contributed by atoms with Gasteiger partial charge in [0.2, 0.25) is 10.0 Å². The zero-order chi connectivity index (χ0) is 14.0. The number of methoxy groups -OCH3 is 1. The minimum absolute atomic E-state index is 0.0581. The van der Waals surface area contributed by atoms with Crippen LogP contribution in [0.1, 0.15) is 32.6 Å². The van der Waals surface area contributed by atoms with E-state index in [1.807, 2.05) is 6.92 Å². The molecule has 0 saturated carbocycles. The Bertz CT molecular complexity index is 328. The highest BCUT2D eigenvalue weighted by Crippen LogP contribution is 2.06. The van der Waals surface area contributed by atoms with Crippen LogP contribution in [0.25, 0.3) is 0 Å². The van der Waals surface area contributed by atoms with E-state index in [0.29, 0.717) is 13.0 Å². The normalized spacial score (nSPS) is 13.3. The van der Waals surface area contributed by atoms with Crippen LogP contribution in [0.15, 0.2) is 0 Å². The lowest BCUT2D eigenvalue weighted by atomic mass is 10.0. The number of hydrogen-bond donors (Lipinski definition) is 2. The Morgan fingerprint density at radius 1 is 1.44 bits per heavy atom. The van der Waals surface area contributed by atoms with Crippen molar-refractivity contribution in [3.8, 4) is 0 Å². The van der Waals surface area contributed by atoms with Crippen molar-refractivity contribution in [3.63, 3.8) is 0 Å². The summed E-state index contributed by atoms with van der Waals surface area (Å²) in [6, 6.07) is 0. The highest BCUT2D eigenvalue weighted by Gasteiger charge is 2.14. The molecule has 0 aromatic heterocycles. The molecule has 0 aromatic rings. The summed E-state index contributed by atoms with van der Waals surface area (Å²) in [6.07, 6.45) is 1.75. The summed E-state index contributed by atoms with van der Waals surface area (Å²) in [6.45, 7) is 2.34. The van der Waals surface area contributed by atoms with Gasteiger partial charge in [0.25, 0.3) is 0 Å². The Morgan fingerprint density at radius 3 is 2.61 bits per heavy atom. The molecule has 0 aromatic carbocycles. The third-order valence-electron chi connectivity index (χ3n) is 2.73. The van der Waals surface area contributed by atoms with E-state index >= 15 is 0 Å². The number of carbonyl (C=O) groups excluding carboxylic acids is 1. The zero-order valence-electron chi connectivity index (χ0n) is 11.0. The van der Waals surface area contributed by atoms with Gasteiger partial charge >= 0.3 is 5.97 Å². The number of nitrogens with one attached hydrogen (secondary N) is 1. The molecule has 0 fully saturated rings. The van der Waals surface area contributed by atoms with Crippen molar-refractivity contribution in [2.45, 2.75) is 32.6 Å². The van der Waals surface area contributed by atoms with Gasteiger partial charge in [0.05, 0.1) is 12.9 Å². The van der Waals surface area contributed by atoms with E-state index in [2.05, 4.69) is 9.46 Å². The first-order chi connectivity index (χ1) is 8.45. The third kappa shape index (κ3) is 8.43. The summed E-state index contributed by atoms with van der Waals surface area (Å²) >= 11 is 0. The molecule has 1 atom stereocenters. The number of sulfonamides is 1. The molecular weight excluding hydrogens is 258 g/mol. The van der Waals surface area contributed by atoms with Crippen LogP contribution in [-0.2, 0) is 19.6 Å². The second-order valence-corrected chi connectivity index (χ2v) is 6.06. The molecule has 0 bridgehead atoms. The van der Waals surface area contributed by atoms with E-state index in [-0.39, 0.29) is 31.1 Å². The molecular formula is C11H23NO5S. The van der Waals surface area contributed by atoms with Gasteiger partial charge in [-0.15, -0.1) is 0 Å². The predicted octanol–water partition coefficient (Wildman–Crippen LogP) is 0.268. The summed E-state index contributed by atoms with van der Waals surface area (Å²) in [7, 11) is -2.07. The second kappa shape index (κ2) is 9.29. The van der Waals surface area contributed by atoms with Crippen LogP contribution >= 0.6 is 0 Å². The van der Waals surface area contributed by atoms with Gasteiger partial charge in [0, 0.05) is 19.6 Å². The van der Waals surface area contributed by atoms with Gasteiger partial charge in [0.15, 0.2) is 0 Å². The van der Waals surface area contributed by atoms with Crippen molar-refractivity contribution in [2.75, 3.05) is 26.0 Å². The average molecular weight is 281 g/mol. The van der Waals surface area contributed by atoms with Crippen molar-refractivity contribution < 1.29 is 23.1 Å². The minimum Gasteiger partial charge on any atom is -0.469 e. The Balaban J connectivity index is 3.96. The lowest BCUT2D eigenvalue weighted by molar-refractivity contribution is -0.140. The molecule has 2 N–H and O–H groups in total. The summed E-state index contributed by atoms with van der Waals surface area (Å²) in [4.78, 5) is 10.8. The maximum absolute atomic E-state index is 11.6. The maximum atomic E-state index is 11.6. The summed E-state index contributed by atoms with van der Waals surface area (Å²) < 4.78 is 30.1. The van der Waals surface area contributed by atoms with Gasteiger partial charge in [-0.05, 0) is 18.8 Å². The van der Waals surface area contributed by atoms with E-state index in [4.69, 9.17) is 5.11 Å². The number of hydrogen-bond acceptors (Lipinski definition) is 5. The van der Waals surface area contributed by atoms with Crippen LogP contribution in [0.3, 0.4) is 0 Å². The Hall–Kier alpha value is -0.660. The molecule has 0 aliphatic carbocycles. The molecule has 0 aliphatic rings. The lowest BCUT2D eigenvalue weighted by Crippen LogP contribution is -2.31. The molecule has 1 unspecified atom stereocenters. The Labute approximate surface area is 109 Å². The highest BCUT2D eigenvalue weighted by molar-refractivity contribution is 7.89. The first kappa shape index (κ1) is 17.3. The molecule has 0 rings (SSSR count). The van der Waals surface area contributed by atoms with Crippen LogP contribution in [0, 0.1) is 5.92 Å². The molecule has 7 heteroatoms. The van der Waals surface area contributed by atoms with Crippen molar-refractivity contribution >= 4 is 16.0 Å². The van der Waals surface area contributed by atoms with Crippen LogP contribution < -0.4 is 4.72 Å². The van der Waals surface area contributed by atoms with Crippen LogP contribution in [0.5, 0.6) is 0 Å². The van der Waals surface area contributed by atoms with E-state index in [1.165, 1.54) is 7.11 Å². The molecule has 6 nitrogen and oxygen atoms in total. The number of esters is 1. The monoisotopic (exact) mass is 281 g/mol. The summed E-state index contributed by atoms with van der Waals surface area (Å²) in [5.74, 6) is -0.347. The van der Waals surface area contributed by atoms with E-state index in [1.54, 1.807) is 0 Å². The van der Waals surface area contributed by atoms with Crippen molar-refractivity contribution in [3.05, 3.63) is 0 Å². The van der Waals surface area contributed by atoms with Gasteiger partial charge in [-0.25, -0.2) is 13.1 Å². The molecule has 18 heavy (non-hydrogen) atoms. The topological polar surface area (TPSA) is 92.7 Å². The summed E-state index contributed by atoms with van der Waals surface area (Å²) in [5, 5.41) is 8.80. The van der Waals surface area contributed by atoms with Crippen molar-refractivity contribution in [1.82, 2.24) is 4.72 Å². The van der Waals surface area contributed by atoms with Crippen molar-refractivity contribution in [2.24, 2.45) is 5.92 Å². The molecule has 0 radical (unpaired) electrons. The first-order valence-electron chi connectivity index (χ1n) is 6.10. The molecule has 0 amide bonds. The largest absolute Gasteiger partial charge is 0.469 e. The minimum atomic E-state index is -3.35. The fourth-order valence-electron chi connectivity index (χ4n) is 1.46. The van der Waals surface area contributed by atoms with Gasteiger partial charge in [-0.3, -0.25) is 4.79 Å². The predicted molar refractivity (Wildman–Crippen MR) is 68.5 cm³/mol. The molecule has 0 spiro atoms. The zero-order valence-corrected chi connectivity index (χ0v) is 11.8. The smallest absolute Gasteiger partial charge is 0.305 e. The number of rotatable bonds is 10. The standard InChI is InChI=1S/C11H23NO5S/c1-3-10(6-7-13)9-12-18(15,16)8-4-5-11(14)17-2/h10,12-13H,3-9H2,1-2H3. The number of aliphatic hydroxyl groups is 1. The van der Waals surface area contributed by atoms with Gasteiger partial charge in [0.1, 0.15) is 0 Å². The quantitative estimate of drug-likeness (QED) is 0.561. The maximum Gasteiger partial charge on any atom is 0.305 e. The fourth-order valence-corrected chi connectivity index (χ4v) is 2.62. The highest BCUT2D eigenvalue weighted by atomic mass is 32.2. The lowest BCUT2D eigenvalue weighted by Gasteiger charge is -2.14. The van der Waals surface area contributed by atoms with E-state index < -0.39 is 16.0 Å². The van der Waals surface area contributed by atoms with Gasteiger partial charge < -0.3 is 9.84 Å². The Kier molecular flexibility index (Phi) is 8.95. The fraction of sp³-hybridized carbons (Fsp3) is 0.909.